The molecule has 0 saturated heterocycles. The number of aromatic nitrogens is 2. The van der Waals surface area contributed by atoms with E-state index in [1.807, 2.05) is 20.8 Å². The van der Waals surface area contributed by atoms with Crippen molar-refractivity contribution in [2.75, 3.05) is 5.32 Å². The van der Waals surface area contributed by atoms with Crippen molar-refractivity contribution in [1.82, 2.24) is 9.78 Å². The first-order valence-electron chi connectivity index (χ1n) is 7.05. The number of aliphatic imine (C=N–C) groups is 1. The Bertz CT molecular complexity index is 643. The topological polar surface area (TPSA) is 118 Å². The van der Waals surface area contributed by atoms with E-state index in [1.165, 1.54) is 0 Å². The van der Waals surface area contributed by atoms with E-state index in [2.05, 4.69) is 21.5 Å². The molecule has 0 amide bonds. The van der Waals surface area contributed by atoms with Crippen LogP contribution >= 0.6 is 0 Å². The van der Waals surface area contributed by atoms with E-state index in [4.69, 9.17) is 16.7 Å². The van der Waals surface area contributed by atoms with Crippen molar-refractivity contribution < 1.29 is 0 Å². The molecule has 0 fully saturated rings. The van der Waals surface area contributed by atoms with Crippen molar-refractivity contribution in [3.63, 3.8) is 0 Å². The van der Waals surface area contributed by atoms with Crippen LogP contribution in [0.25, 0.3) is 0 Å². The van der Waals surface area contributed by atoms with Crippen LogP contribution in [0.1, 0.15) is 27.2 Å². The number of nitriles is 1. The van der Waals surface area contributed by atoms with Gasteiger partial charge in [0, 0.05) is 13.1 Å². The molecule has 0 aliphatic rings. The molecule has 22 heavy (non-hydrogen) atoms. The van der Waals surface area contributed by atoms with Gasteiger partial charge in [0.1, 0.15) is 11.9 Å². The first kappa shape index (κ1) is 17.3. The zero-order valence-corrected chi connectivity index (χ0v) is 13.5. The first-order valence-corrected chi connectivity index (χ1v) is 7.05. The van der Waals surface area contributed by atoms with Crippen molar-refractivity contribution in [3.05, 3.63) is 35.2 Å². The van der Waals surface area contributed by atoms with Crippen LogP contribution in [0, 0.1) is 11.3 Å². The molecule has 0 aliphatic carbocycles. The molecule has 7 nitrogen and oxygen atoms in total. The van der Waals surface area contributed by atoms with E-state index in [1.54, 1.807) is 30.1 Å². The van der Waals surface area contributed by atoms with Crippen LogP contribution < -0.4 is 16.8 Å². The van der Waals surface area contributed by atoms with Gasteiger partial charge in [0.2, 0.25) is 0 Å². The van der Waals surface area contributed by atoms with E-state index < -0.39 is 0 Å². The van der Waals surface area contributed by atoms with Gasteiger partial charge in [-0.25, -0.2) is 4.99 Å². The predicted molar refractivity (Wildman–Crippen MR) is 88.8 cm³/mol. The van der Waals surface area contributed by atoms with Crippen LogP contribution in [0.3, 0.4) is 0 Å². The number of rotatable bonds is 5. The molecule has 1 aromatic heterocycles. The molecule has 0 spiro atoms. The normalized spacial score (nSPS) is 15.0. The summed E-state index contributed by atoms with van der Waals surface area (Å²) in [7, 11) is 1.80. The maximum absolute atomic E-state index is 9.13. The lowest BCUT2D eigenvalue weighted by molar-refractivity contribution is 0.776. The number of nitrogens with zero attached hydrogens (tertiary/aromatic N) is 4. The second-order valence-corrected chi connectivity index (χ2v) is 4.89. The maximum atomic E-state index is 9.13. The van der Waals surface area contributed by atoms with E-state index in [9.17, 15) is 0 Å². The Hall–Kier alpha value is -2.75. The molecule has 1 heterocycles. The number of nitrogens with one attached hydrogen (secondary N) is 1. The van der Waals surface area contributed by atoms with Crippen LogP contribution in [0.15, 0.2) is 40.2 Å². The van der Waals surface area contributed by atoms with Gasteiger partial charge in [-0.2, -0.15) is 10.4 Å². The van der Waals surface area contributed by atoms with Gasteiger partial charge in [-0.1, -0.05) is 13.0 Å². The van der Waals surface area contributed by atoms with Crippen LogP contribution in [0.4, 0.5) is 5.82 Å². The van der Waals surface area contributed by atoms with Crippen molar-refractivity contribution in [1.29, 1.82) is 5.26 Å². The molecule has 1 atom stereocenters. The van der Waals surface area contributed by atoms with Crippen molar-refractivity contribution in [3.8, 4) is 6.07 Å². The zero-order valence-electron chi connectivity index (χ0n) is 13.5. The molecule has 0 unspecified atom stereocenters. The fourth-order valence-electron chi connectivity index (χ4n) is 1.82. The van der Waals surface area contributed by atoms with Crippen molar-refractivity contribution >= 4 is 11.8 Å². The highest BCUT2D eigenvalue weighted by atomic mass is 15.3. The molecular weight excluding hydrogens is 278 g/mol. The van der Waals surface area contributed by atoms with E-state index >= 15 is 0 Å². The standard InChI is InChI=1S/C15H23N7/c1-5-6-12(9-16)14(17)10(2)11(3)20-15(18)21-13-7-8-19-22(13)4/h6-8,11H,5,17H2,1-4H3,(H3,18,20,21)/b12-6-,14-10+/t11-/m1/s1. The average Bonchev–Trinajstić information content (AvgIpc) is 2.88. The lowest BCUT2D eigenvalue weighted by atomic mass is 10.0. The number of hydrogen-bond acceptors (Lipinski definition) is 4. The fourth-order valence-corrected chi connectivity index (χ4v) is 1.82. The minimum absolute atomic E-state index is 0.241. The number of nitrogens with two attached hydrogens (primary N) is 2. The summed E-state index contributed by atoms with van der Waals surface area (Å²) in [6.45, 7) is 5.68. The van der Waals surface area contributed by atoms with Crippen LogP contribution in [0.5, 0.6) is 0 Å². The van der Waals surface area contributed by atoms with Gasteiger partial charge >= 0.3 is 0 Å². The lowest BCUT2D eigenvalue weighted by Gasteiger charge is -2.13. The highest BCUT2D eigenvalue weighted by molar-refractivity contribution is 5.91. The lowest BCUT2D eigenvalue weighted by Crippen LogP contribution is -2.26. The van der Waals surface area contributed by atoms with Gasteiger partial charge in [0.05, 0.1) is 23.5 Å². The number of allylic oxidation sites excluding steroid dienone is 2. The summed E-state index contributed by atoms with van der Waals surface area (Å²) >= 11 is 0. The summed E-state index contributed by atoms with van der Waals surface area (Å²) in [6, 6.07) is 3.66. The molecule has 0 aliphatic heterocycles. The Morgan fingerprint density at radius 1 is 1.59 bits per heavy atom. The highest BCUT2D eigenvalue weighted by Gasteiger charge is 2.11. The van der Waals surface area contributed by atoms with Gasteiger partial charge in [-0.15, -0.1) is 0 Å². The molecule has 1 aromatic rings. The van der Waals surface area contributed by atoms with Gasteiger partial charge in [0.25, 0.3) is 0 Å². The minimum Gasteiger partial charge on any atom is -0.398 e. The quantitative estimate of drug-likeness (QED) is 0.330. The van der Waals surface area contributed by atoms with Crippen molar-refractivity contribution in [2.45, 2.75) is 33.2 Å². The molecule has 0 radical (unpaired) electrons. The Kier molecular flexibility index (Phi) is 6.20. The second-order valence-electron chi connectivity index (χ2n) is 4.89. The second kappa shape index (κ2) is 7.88. The Labute approximate surface area is 131 Å². The van der Waals surface area contributed by atoms with Gasteiger partial charge in [-0.3, -0.25) is 4.68 Å². The number of aryl methyl sites for hydroxylation is 1. The van der Waals surface area contributed by atoms with Crippen LogP contribution in [-0.4, -0.2) is 21.8 Å². The average molecular weight is 301 g/mol. The largest absolute Gasteiger partial charge is 0.398 e. The Morgan fingerprint density at radius 2 is 2.27 bits per heavy atom. The highest BCUT2D eigenvalue weighted by Crippen LogP contribution is 2.15. The van der Waals surface area contributed by atoms with Gasteiger partial charge < -0.3 is 16.8 Å². The molecule has 0 bridgehead atoms. The summed E-state index contributed by atoms with van der Waals surface area (Å²) in [6.07, 6.45) is 4.21. The van der Waals surface area contributed by atoms with E-state index in [0.29, 0.717) is 11.3 Å². The predicted octanol–water partition coefficient (Wildman–Crippen LogP) is 1.63. The third-order valence-corrected chi connectivity index (χ3v) is 3.28. The molecule has 1 rings (SSSR count). The van der Waals surface area contributed by atoms with Gasteiger partial charge in [0.15, 0.2) is 5.96 Å². The maximum Gasteiger partial charge on any atom is 0.194 e. The number of guanidine groups is 1. The van der Waals surface area contributed by atoms with Gasteiger partial charge in [-0.05, 0) is 25.8 Å². The van der Waals surface area contributed by atoms with Crippen LogP contribution in [-0.2, 0) is 7.05 Å². The Balaban J connectivity index is 2.92. The van der Waals surface area contributed by atoms with Crippen LogP contribution in [0.2, 0.25) is 0 Å². The Morgan fingerprint density at radius 3 is 2.77 bits per heavy atom. The third kappa shape index (κ3) is 4.38. The zero-order chi connectivity index (χ0) is 16.7. The molecule has 0 aromatic carbocycles. The summed E-state index contributed by atoms with van der Waals surface area (Å²) in [5.74, 6) is 1.01. The molecule has 5 N–H and O–H groups in total. The smallest absolute Gasteiger partial charge is 0.194 e. The van der Waals surface area contributed by atoms with E-state index in [-0.39, 0.29) is 12.0 Å². The molecule has 0 saturated carbocycles. The fraction of sp³-hybridized carbons (Fsp3) is 0.400. The monoisotopic (exact) mass is 301 g/mol. The summed E-state index contributed by atoms with van der Waals surface area (Å²) < 4.78 is 1.65. The molecule has 7 heteroatoms. The summed E-state index contributed by atoms with van der Waals surface area (Å²) in [4.78, 5) is 4.36. The van der Waals surface area contributed by atoms with E-state index in [0.717, 1.165) is 17.8 Å². The summed E-state index contributed by atoms with van der Waals surface area (Å²) in [5, 5.41) is 16.1. The first-order chi connectivity index (χ1) is 10.4. The number of hydrogen-bond donors (Lipinski definition) is 3. The summed E-state index contributed by atoms with van der Waals surface area (Å²) in [5.41, 5.74) is 13.7. The number of anilines is 1. The SMILES string of the molecule is CC/C=C(C#N)\C(N)=C(\C)[C@@H](C)N=C(N)Nc1ccnn1C. The minimum atomic E-state index is -0.241. The molecule has 118 valence electrons. The van der Waals surface area contributed by atoms with Crippen molar-refractivity contribution in [2.24, 2.45) is 23.5 Å². The molecular formula is C15H23N7. The third-order valence-electron chi connectivity index (χ3n) is 3.28.